The molecule has 3 N–H and O–H groups in total. The highest BCUT2D eigenvalue weighted by molar-refractivity contribution is 5.31. The number of nitrogens with two attached hydrogens (primary N) is 1. The minimum atomic E-state index is 0.151. The van der Waals surface area contributed by atoms with Gasteiger partial charge in [0.1, 0.15) is 11.5 Å². The number of anilines is 1. The van der Waals surface area contributed by atoms with Crippen LogP contribution in [0.5, 0.6) is 11.5 Å². The molecule has 1 heterocycles. The maximum Gasteiger partial charge on any atom is 0.330 e. The van der Waals surface area contributed by atoms with E-state index in [0.717, 1.165) is 5.75 Å². The summed E-state index contributed by atoms with van der Waals surface area (Å²) in [7, 11) is 1.61. The topological polar surface area (TPSA) is 95.4 Å². The van der Waals surface area contributed by atoms with Crippen molar-refractivity contribution in [2.24, 2.45) is 5.84 Å². The van der Waals surface area contributed by atoms with E-state index in [1.807, 2.05) is 0 Å². The van der Waals surface area contributed by atoms with Crippen molar-refractivity contribution in [2.75, 3.05) is 12.5 Å². The molecule has 0 radical (unpaired) electrons. The molecule has 1 aromatic carbocycles. The molecule has 1 aromatic heterocycles. The van der Waals surface area contributed by atoms with E-state index >= 15 is 0 Å². The van der Waals surface area contributed by atoms with Gasteiger partial charge in [-0.15, -0.1) is 5.10 Å². The third-order valence-electron chi connectivity index (χ3n) is 2.01. The highest BCUT2D eigenvalue weighted by atomic mass is 16.5. The number of ether oxygens (including phenoxy) is 2. The maximum atomic E-state index is 5.43. The molecule has 0 spiro atoms. The fourth-order valence-corrected chi connectivity index (χ4v) is 1.19. The number of aromatic nitrogens is 2. The summed E-state index contributed by atoms with van der Waals surface area (Å²) < 4.78 is 15.6. The van der Waals surface area contributed by atoms with Crippen molar-refractivity contribution >= 4 is 6.01 Å². The number of nitrogen functional groups attached to an aromatic ring is 1. The molecule has 0 saturated heterocycles. The van der Waals surface area contributed by atoms with Crippen molar-refractivity contribution in [2.45, 2.75) is 6.61 Å². The summed E-state index contributed by atoms with van der Waals surface area (Å²) in [6.07, 6.45) is 0. The van der Waals surface area contributed by atoms with Gasteiger partial charge in [0.05, 0.1) is 7.11 Å². The first kappa shape index (κ1) is 11.2. The molecule has 0 fully saturated rings. The van der Waals surface area contributed by atoms with Gasteiger partial charge in [-0.3, -0.25) is 5.43 Å². The maximum absolute atomic E-state index is 5.43. The zero-order valence-corrected chi connectivity index (χ0v) is 9.21. The van der Waals surface area contributed by atoms with Crippen molar-refractivity contribution in [1.82, 2.24) is 10.2 Å². The van der Waals surface area contributed by atoms with E-state index in [0.29, 0.717) is 11.6 Å². The molecule has 7 heteroatoms. The SMILES string of the molecule is COc1ccc(OCc2nnc(NN)o2)cc1. The second-order valence-electron chi connectivity index (χ2n) is 3.11. The molecule has 0 aliphatic carbocycles. The molecular formula is C10H12N4O3. The van der Waals surface area contributed by atoms with E-state index in [1.54, 1.807) is 31.4 Å². The van der Waals surface area contributed by atoms with Gasteiger partial charge < -0.3 is 13.9 Å². The highest BCUT2D eigenvalue weighted by Gasteiger charge is 2.05. The van der Waals surface area contributed by atoms with Crippen LogP contribution >= 0.6 is 0 Å². The lowest BCUT2D eigenvalue weighted by atomic mass is 10.3. The van der Waals surface area contributed by atoms with Crippen molar-refractivity contribution in [3.8, 4) is 11.5 Å². The lowest BCUT2D eigenvalue weighted by Gasteiger charge is -2.04. The predicted octanol–water partition coefficient (Wildman–Crippen LogP) is 0.943. The molecule has 90 valence electrons. The lowest BCUT2D eigenvalue weighted by molar-refractivity contribution is 0.264. The van der Waals surface area contributed by atoms with Crippen LogP contribution in [-0.4, -0.2) is 17.3 Å². The molecule has 2 aromatic rings. The van der Waals surface area contributed by atoms with Crippen LogP contribution in [0.1, 0.15) is 5.89 Å². The zero-order valence-electron chi connectivity index (χ0n) is 9.21. The molecule has 0 bridgehead atoms. The van der Waals surface area contributed by atoms with Gasteiger partial charge in [0, 0.05) is 0 Å². The van der Waals surface area contributed by atoms with E-state index in [2.05, 4.69) is 15.6 Å². The van der Waals surface area contributed by atoms with Crippen molar-refractivity contribution in [3.63, 3.8) is 0 Å². The number of hydrazine groups is 1. The second kappa shape index (κ2) is 5.17. The molecule has 0 amide bonds. The highest BCUT2D eigenvalue weighted by Crippen LogP contribution is 2.18. The first-order chi connectivity index (χ1) is 8.31. The Morgan fingerprint density at radius 3 is 2.53 bits per heavy atom. The van der Waals surface area contributed by atoms with Crippen molar-refractivity contribution in [3.05, 3.63) is 30.2 Å². The van der Waals surface area contributed by atoms with Gasteiger partial charge in [-0.25, -0.2) is 5.84 Å². The third-order valence-corrected chi connectivity index (χ3v) is 2.01. The quantitative estimate of drug-likeness (QED) is 0.589. The van der Waals surface area contributed by atoms with Gasteiger partial charge in [0.2, 0.25) is 0 Å². The third kappa shape index (κ3) is 2.85. The van der Waals surface area contributed by atoms with E-state index in [4.69, 9.17) is 19.7 Å². The molecule has 0 aliphatic rings. The fourth-order valence-electron chi connectivity index (χ4n) is 1.19. The van der Waals surface area contributed by atoms with Crippen LogP contribution in [0.3, 0.4) is 0 Å². The van der Waals surface area contributed by atoms with E-state index in [-0.39, 0.29) is 12.6 Å². The fraction of sp³-hybridized carbons (Fsp3) is 0.200. The average molecular weight is 236 g/mol. The normalized spacial score (nSPS) is 10.0. The smallest absolute Gasteiger partial charge is 0.330 e. The molecule has 0 unspecified atom stereocenters. The summed E-state index contributed by atoms with van der Waals surface area (Å²) in [5.74, 6) is 6.90. The summed E-state index contributed by atoms with van der Waals surface area (Å²) in [6, 6.07) is 7.33. The molecular weight excluding hydrogens is 224 g/mol. The Kier molecular flexibility index (Phi) is 3.41. The number of hydrogen-bond donors (Lipinski definition) is 2. The number of nitrogens with one attached hydrogen (secondary N) is 1. The Morgan fingerprint density at radius 2 is 1.94 bits per heavy atom. The second-order valence-corrected chi connectivity index (χ2v) is 3.11. The van der Waals surface area contributed by atoms with Gasteiger partial charge in [-0.1, -0.05) is 5.10 Å². The van der Waals surface area contributed by atoms with E-state index in [9.17, 15) is 0 Å². The van der Waals surface area contributed by atoms with Crippen LogP contribution in [0, 0.1) is 0 Å². The van der Waals surface area contributed by atoms with Gasteiger partial charge >= 0.3 is 6.01 Å². The van der Waals surface area contributed by atoms with Crippen LogP contribution in [0.2, 0.25) is 0 Å². The molecule has 0 saturated carbocycles. The monoisotopic (exact) mass is 236 g/mol. The number of hydrogen-bond acceptors (Lipinski definition) is 7. The Hall–Kier alpha value is -2.28. The molecule has 0 atom stereocenters. The molecule has 17 heavy (non-hydrogen) atoms. The zero-order chi connectivity index (χ0) is 12.1. The summed E-state index contributed by atoms with van der Waals surface area (Å²) in [4.78, 5) is 0. The predicted molar refractivity (Wildman–Crippen MR) is 59.4 cm³/mol. The Balaban J connectivity index is 1.92. The minimum absolute atomic E-state index is 0.151. The summed E-state index contributed by atoms with van der Waals surface area (Å²) in [5.41, 5.74) is 2.25. The molecule has 0 aliphatic heterocycles. The molecule has 7 nitrogen and oxygen atoms in total. The Morgan fingerprint density at radius 1 is 1.24 bits per heavy atom. The number of methoxy groups -OCH3 is 1. The van der Waals surface area contributed by atoms with E-state index in [1.165, 1.54) is 0 Å². The first-order valence-electron chi connectivity index (χ1n) is 4.87. The Bertz CT molecular complexity index is 469. The van der Waals surface area contributed by atoms with E-state index < -0.39 is 0 Å². The summed E-state index contributed by atoms with van der Waals surface area (Å²) in [5, 5.41) is 7.35. The summed E-state index contributed by atoms with van der Waals surface area (Å²) >= 11 is 0. The van der Waals surface area contributed by atoms with Crippen LogP contribution in [0.15, 0.2) is 28.7 Å². The minimum Gasteiger partial charge on any atom is -0.497 e. The number of benzene rings is 1. The number of nitrogens with zero attached hydrogens (tertiary/aromatic N) is 2. The van der Waals surface area contributed by atoms with Crippen LogP contribution < -0.4 is 20.7 Å². The Labute approximate surface area is 97.5 Å². The summed E-state index contributed by atoms with van der Waals surface area (Å²) in [6.45, 7) is 0.182. The number of rotatable bonds is 5. The largest absolute Gasteiger partial charge is 0.497 e. The van der Waals surface area contributed by atoms with Gasteiger partial charge in [0.15, 0.2) is 6.61 Å². The van der Waals surface area contributed by atoms with Crippen LogP contribution in [0.25, 0.3) is 0 Å². The van der Waals surface area contributed by atoms with Gasteiger partial charge in [-0.05, 0) is 24.3 Å². The average Bonchev–Trinajstić information content (AvgIpc) is 2.85. The molecule has 2 rings (SSSR count). The van der Waals surface area contributed by atoms with Crippen LogP contribution in [-0.2, 0) is 6.61 Å². The van der Waals surface area contributed by atoms with Crippen molar-refractivity contribution < 1.29 is 13.9 Å². The first-order valence-corrected chi connectivity index (χ1v) is 4.87. The van der Waals surface area contributed by atoms with Crippen LogP contribution in [0.4, 0.5) is 6.01 Å². The van der Waals surface area contributed by atoms with Crippen molar-refractivity contribution in [1.29, 1.82) is 0 Å². The van der Waals surface area contributed by atoms with Gasteiger partial charge in [-0.2, -0.15) is 0 Å². The lowest BCUT2D eigenvalue weighted by Crippen LogP contribution is -2.06. The van der Waals surface area contributed by atoms with Gasteiger partial charge in [0.25, 0.3) is 5.89 Å². The standard InChI is InChI=1S/C10H12N4O3/c1-15-7-2-4-8(5-3-7)16-6-9-13-14-10(12-11)17-9/h2-5H,6,11H2,1H3,(H,12,14).